The average molecular weight is 383 g/mol. The maximum atomic E-state index is 12.7. The number of carbonyl (C=O) groups excluding carboxylic acids is 2. The van der Waals surface area contributed by atoms with Crippen LogP contribution in [-0.2, 0) is 11.2 Å². The average Bonchev–Trinajstić information content (AvgIpc) is 2.67. The lowest BCUT2D eigenvalue weighted by Gasteiger charge is -2.21. The summed E-state index contributed by atoms with van der Waals surface area (Å²) in [5.41, 5.74) is 2.52. The quantitative estimate of drug-likeness (QED) is 0.697. The molecule has 28 heavy (non-hydrogen) atoms. The smallest absolute Gasteiger partial charge is 0.252 e. The second kappa shape index (κ2) is 10.5. The van der Waals surface area contributed by atoms with Crippen LogP contribution in [0.1, 0.15) is 41.8 Å². The molecule has 0 heterocycles. The van der Waals surface area contributed by atoms with Gasteiger partial charge in [-0.3, -0.25) is 9.59 Å². The molecule has 2 N–H and O–H groups in total. The van der Waals surface area contributed by atoms with Gasteiger partial charge in [0.2, 0.25) is 5.91 Å². The summed E-state index contributed by atoms with van der Waals surface area (Å²) in [4.78, 5) is 25.4. The van der Waals surface area contributed by atoms with E-state index in [0.717, 1.165) is 16.9 Å². The molecule has 0 aliphatic carbocycles. The molecule has 0 aromatic heterocycles. The Bertz CT molecular complexity index is 802. The summed E-state index contributed by atoms with van der Waals surface area (Å²) in [6.07, 6.45) is 1.24. The highest BCUT2D eigenvalue weighted by molar-refractivity contribution is 5.98. The topological polar surface area (TPSA) is 67.4 Å². The van der Waals surface area contributed by atoms with Crippen molar-refractivity contribution in [3.8, 4) is 5.75 Å². The molecule has 2 aromatic rings. The molecule has 1 atom stereocenters. The van der Waals surface area contributed by atoms with Crippen molar-refractivity contribution in [2.24, 2.45) is 5.92 Å². The number of carbonyl (C=O) groups is 2. The van der Waals surface area contributed by atoms with Gasteiger partial charge in [0.05, 0.1) is 7.11 Å². The zero-order valence-corrected chi connectivity index (χ0v) is 17.1. The van der Waals surface area contributed by atoms with Crippen molar-refractivity contribution in [2.75, 3.05) is 13.7 Å². The highest BCUT2D eigenvalue weighted by atomic mass is 16.5. The van der Waals surface area contributed by atoms with Crippen molar-refractivity contribution in [1.29, 1.82) is 0 Å². The molecule has 0 aliphatic rings. The molecule has 0 saturated heterocycles. The Morgan fingerprint density at radius 3 is 2.39 bits per heavy atom. The van der Waals surface area contributed by atoms with Gasteiger partial charge in [0.25, 0.3) is 5.91 Å². The molecule has 0 spiro atoms. The highest BCUT2D eigenvalue weighted by Gasteiger charge is 2.23. The largest absolute Gasteiger partial charge is 0.496 e. The molecular weight excluding hydrogens is 352 g/mol. The maximum absolute atomic E-state index is 12.7. The highest BCUT2D eigenvalue weighted by Crippen LogP contribution is 2.17. The molecule has 0 fully saturated rings. The Labute approximate surface area is 167 Å². The van der Waals surface area contributed by atoms with Crippen LogP contribution in [0.4, 0.5) is 0 Å². The molecule has 150 valence electrons. The van der Waals surface area contributed by atoms with Gasteiger partial charge in [0.15, 0.2) is 0 Å². The van der Waals surface area contributed by atoms with Crippen LogP contribution in [-0.4, -0.2) is 31.5 Å². The molecule has 2 amide bonds. The fourth-order valence-electron chi connectivity index (χ4n) is 3.12. The van der Waals surface area contributed by atoms with Gasteiger partial charge in [-0.1, -0.05) is 50.2 Å². The van der Waals surface area contributed by atoms with E-state index in [-0.39, 0.29) is 17.7 Å². The van der Waals surface area contributed by atoms with E-state index in [2.05, 4.69) is 10.6 Å². The van der Waals surface area contributed by atoms with Crippen molar-refractivity contribution >= 4 is 11.8 Å². The number of hydrogen-bond acceptors (Lipinski definition) is 3. The minimum atomic E-state index is -0.565. The number of methoxy groups -OCH3 is 1. The third-order valence-corrected chi connectivity index (χ3v) is 4.60. The molecule has 0 bridgehead atoms. The minimum absolute atomic E-state index is 0.162. The first kappa shape index (κ1) is 21.5. The number of para-hydroxylation sites is 1. The lowest BCUT2D eigenvalue weighted by Crippen LogP contribution is -2.48. The van der Waals surface area contributed by atoms with E-state index in [1.165, 1.54) is 0 Å². The fourth-order valence-corrected chi connectivity index (χ4v) is 3.12. The van der Waals surface area contributed by atoms with Crippen LogP contribution in [0, 0.1) is 12.8 Å². The molecular formula is C23H30N2O3. The maximum Gasteiger partial charge on any atom is 0.252 e. The van der Waals surface area contributed by atoms with Crippen LogP contribution in [0.25, 0.3) is 0 Å². The third kappa shape index (κ3) is 6.12. The van der Waals surface area contributed by atoms with Gasteiger partial charge in [0, 0.05) is 12.1 Å². The fraction of sp³-hybridized carbons (Fsp3) is 0.391. The van der Waals surface area contributed by atoms with Crippen LogP contribution in [0.5, 0.6) is 5.75 Å². The minimum Gasteiger partial charge on any atom is -0.496 e. The number of hydrogen-bond donors (Lipinski definition) is 2. The Morgan fingerprint density at radius 2 is 1.71 bits per heavy atom. The van der Waals surface area contributed by atoms with Gasteiger partial charge < -0.3 is 15.4 Å². The summed E-state index contributed by atoms with van der Waals surface area (Å²) >= 11 is 0. The zero-order valence-electron chi connectivity index (χ0n) is 17.1. The number of benzene rings is 2. The molecule has 2 rings (SSSR count). The van der Waals surface area contributed by atoms with E-state index in [1.807, 2.05) is 63.2 Å². The normalized spacial score (nSPS) is 11.8. The van der Waals surface area contributed by atoms with E-state index >= 15 is 0 Å². The molecule has 5 heteroatoms. The first-order valence-electron chi connectivity index (χ1n) is 9.68. The van der Waals surface area contributed by atoms with E-state index < -0.39 is 6.04 Å². The van der Waals surface area contributed by atoms with Gasteiger partial charge in [-0.15, -0.1) is 0 Å². The first-order chi connectivity index (χ1) is 13.4. The summed E-state index contributed by atoms with van der Waals surface area (Å²) in [6, 6.07) is 14.6. The molecule has 5 nitrogen and oxygen atoms in total. The number of amides is 2. The van der Waals surface area contributed by atoms with Crippen molar-refractivity contribution in [2.45, 2.75) is 39.7 Å². The monoisotopic (exact) mass is 382 g/mol. The first-order valence-corrected chi connectivity index (χ1v) is 9.68. The Hall–Kier alpha value is -2.82. The summed E-state index contributed by atoms with van der Waals surface area (Å²) in [5.74, 6) is 0.708. The Kier molecular flexibility index (Phi) is 8.05. The van der Waals surface area contributed by atoms with Crippen molar-refractivity contribution < 1.29 is 14.3 Å². The number of ether oxygens (including phenoxy) is 1. The van der Waals surface area contributed by atoms with Crippen molar-refractivity contribution in [3.63, 3.8) is 0 Å². The molecule has 0 radical (unpaired) electrons. The second-order valence-electron chi connectivity index (χ2n) is 7.32. The van der Waals surface area contributed by atoms with Crippen molar-refractivity contribution in [3.05, 3.63) is 65.2 Å². The lowest BCUT2D eigenvalue weighted by atomic mass is 10.0. The predicted molar refractivity (Wildman–Crippen MR) is 112 cm³/mol. The summed E-state index contributed by atoms with van der Waals surface area (Å²) in [5, 5.41) is 5.85. The second-order valence-corrected chi connectivity index (χ2v) is 7.32. The van der Waals surface area contributed by atoms with E-state index in [4.69, 9.17) is 4.74 Å². The Balaban J connectivity index is 1.98. The van der Waals surface area contributed by atoms with Gasteiger partial charge >= 0.3 is 0 Å². The van der Waals surface area contributed by atoms with Crippen LogP contribution in [0.3, 0.4) is 0 Å². The van der Waals surface area contributed by atoms with Gasteiger partial charge in [-0.25, -0.2) is 0 Å². The summed E-state index contributed by atoms with van der Waals surface area (Å²) in [6.45, 7) is 6.44. The van der Waals surface area contributed by atoms with Crippen molar-refractivity contribution in [1.82, 2.24) is 10.6 Å². The van der Waals surface area contributed by atoms with Crippen LogP contribution in [0.2, 0.25) is 0 Å². The van der Waals surface area contributed by atoms with E-state index in [0.29, 0.717) is 24.9 Å². The number of aryl methyl sites for hydroxylation is 1. The molecule has 1 unspecified atom stereocenters. The standard InChI is InChI=1S/C23H30N2O3/c1-16(2)15-20(25-22(26)19-11-7-5-9-17(19)3)23(27)24-14-13-18-10-6-8-12-21(18)28-4/h5-12,16,20H,13-15H2,1-4H3,(H,24,27)(H,25,26). The summed E-state index contributed by atoms with van der Waals surface area (Å²) in [7, 11) is 1.64. The molecule has 0 aliphatic heterocycles. The van der Waals surface area contributed by atoms with Crippen LogP contribution < -0.4 is 15.4 Å². The summed E-state index contributed by atoms with van der Waals surface area (Å²) < 4.78 is 5.35. The van der Waals surface area contributed by atoms with Gasteiger partial charge in [-0.2, -0.15) is 0 Å². The number of nitrogens with one attached hydrogen (secondary N) is 2. The molecule has 0 saturated carbocycles. The third-order valence-electron chi connectivity index (χ3n) is 4.60. The van der Waals surface area contributed by atoms with Crippen LogP contribution in [0.15, 0.2) is 48.5 Å². The van der Waals surface area contributed by atoms with Crippen LogP contribution >= 0.6 is 0 Å². The Morgan fingerprint density at radius 1 is 1.04 bits per heavy atom. The molecule has 2 aromatic carbocycles. The van der Waals surface area contributed by atoms with Gasteiger partial charge in [0.1, 0.15) is 11.8 Å². The number of rotatable bonds is 9. The predicted octanol–water partition coefficient (Wildman–Crippen LogP) is 3.51. The SMILES string of the molecule is COc1ccccc1CCNC(=O)C(CC(C)C)NC(=O)c1ccccc1C. The van der Waals surface area contributed by atoms with E-state index in [1.54, 1.807) is 13.2 Å². The lowest BCUT2D eigenvalue weighted by molar-refractivity contribution is -0.123. The van der Waals surface area contributed by atoms with Gasteiger partial charge in [-0.05, 0) is 48.9 Å². The zero-order chi connectivity index (χ0) is 20.5. The van der Waals surface area contributed by atoms with E-state index in [9.17, 15) is 9.59 Å².